The number of hydrogen-bond donors (Lipinski definition) is 1. The van der Waals surface area contributed by atoms with E-state index in [9.17, 15) is 14.4 Å². The van der Waals surface area contributed by atoms with Crippen molar-refractivity contribution in [2.24, 2.45) is 0 Å². The Balaban J connectivity index is 1.64. The summed E-state index contributed by atoms with van der Waals surface area (Å²) in [5.41, 5.74) is 0.997. The van der Waals surface area contributed by atoms with E-state index in [2.05, 4.69) is 26.2 Å². The monoisotopic (exact) mass is 429 g/mol. The molecule has 7 nitrogen and oxygen atoms in total. The predicted octanol–water partition coefficient (Wildman–Crippen LogP) is 3.11. The van der Waals surface area contributed by atoms with E-state index in [1.54, 1.807) is 36.4 Å². The molecular formula is C19H16BrN3O4. The number of esters is 1. The van der Waals surface area contributed by atoms with Gasteiger partial charge in [-0.3, -0.25) is 19.0 Å². The second-order valence-electron chi connectivity index (χ2n) is 5.83. The van der Waals surface area contributed by atoms with E-state index < -0.39 is 5.97 Å². The van der Waals surface area contributed by atoms with Crippen molar-refractivity contribution < 1.29 is 14.3 Å². The summed E-state index contributed by atoms with van der Waals surface area (Å²) in [4.78, 5) is 39.8. The number of carbonyl (C=O) groups is 2. The number of anilines is 1. The number of aromatic nitrogens is 2. The van der Waals surface area contributed by atoms with Gasteiger partial charge >= 0.3 is 5.97 Å². The second kappa shape index (κ2) is 8.13. The number of fused-ring (bicyclic) bond motifs is 1. The molecule has 2 aromatic carbocycles. The minimum Gasteiger partial charge on any atom is -0.426 e. The molecular weight excluding hydrogens is 414 g/mol. The molecule has 0 atom stereocenters. The van der Waals surface area contributed by atoms with Crippen molar-refractivity contribution >= 4 is 44.4 Å². The molecule has 27 heavy (non-hydrogen) atoms. The zero-order chi connectivity index (χ0) is 19.4. The van der Waals surface area contributed by atoms with E-state index in [-0.39, 0.29) is 24.4 Å². The van der Waals surface area contributed by atoms with Crippen molar-refractivity contribution in [3.05, 3.63) is 63.6 Å². The normalized spacial score (nSPS) is 10.6. The van der Waals surface area contributed by atoms with Crippen LogP contribution in [0.3, 0.4) is 0 Å². The van der Waals surface area contributed by atoms with Crippen LogP contribution in [0.2, 0.25) is 0 Å². The average molecular weight is 430 g/mol. The lowest BCUT2D eigenvalue weighted by Crippen LogP contribution is -2.23. The second-order valence-corrected chi connectivity index (χ2v) is 6.75. The highest BCUT2D eigenvalue weighted by Crippen LogP contribution is 2.17. The maximum absolute atomic E-state index is 12.5. The summed E-state index contributed by atoms with van der Waals surface area (Å²) >= 11 is 3.34. The van der Waals surface area contributed by atoms with Crippen molar-refractivity contribution in [3.8, 4) is 5.75 Å². The number of ether oxygens (including phenoxy) is 1. The highest BCUT2D eigenvalue weighted by atomic mass is 79.9. The average Bonchev–Trinajstić information content (AvgIpc) is 2.63. The molecule has 1 aromatic heterocycles. The molecule has 0 fully saturated rings. The fourth-order valence-corrected chi connectivity index (χ4v) is 2.86. The fraction of sp³-hybridized carbons (Fsp3) is 0.158. The van der Waals surface area contributed by atoms with Gasteiger partial charge < -0.3 is 10.1 Å². The number of benzene rings is 2. The van der Waals surface area contributed by atoms with Gasteiger partial charge in [0.2, 0.25) is 5.91 Å². The Morgan fingerprint density at radius 2 is 1.93 bits per heavy atom. The Bertz CT molecular complexity index is 1060. The number of halogens is 1. The Kier molecular flexibility index (Phi) is 5.66. The van der Waals surface area contributed by atoms with Crippen molar-refractivity contribution in [3.63, 3.8) is 0 Å². The molecule has 138 valence electrons. The summed E-state index contributed by atoms with van der Waals surface area (Å²) < 4.78 is 7.42. The van der Waals surface area contributed by atoms with Gasteiger partial charge in [-0.2, -0.15) is 0 Å². The van der Waals surface area contributed by atoms with Crippen LogP contribution in [0.5, 0.6) is 5.75 Å². The maximum Gasteiger partial charge on any atom is 0.312 e. The summed E-state index contributed by atoms with van der Waals surface area (Å²) in [5.74, 6) is -0.285. The van der Waals surface area contributed by atoms with Crippen LogP contribution < -0.4 is 15.6 Å². The van der Waals surface area contributed by atoms with E-state index in [1.807, 2.05) is 6.07 Å². The molecule has 1 N–H and O–H groups in total. The summed E-state index contributed by atoms with van der Waals surface area (Å²) in [7, 11) is 0. The van der Waals surface area contributed by atoms with Gasteiger partial charge in [0.15, 0.2) is 0 Å². The minimum atomic E-state index is -0.469. The zero-order valence-corrected chi connectivity index (χ0v) is 16.0. The molecule has 0 saturated carbocycles. The Labute approximate surface area is 163 Å². The lowest BCUT2D eigenvalue weighted by atomic mass is 10.2. The predicted molar refractivity (Wildman–Crippen MR) is 105 cm³/mol. The first-order valence-electron chi connectivity index (χ1n) is 8.15. The van der Waals surface area contributed by atoms with Crippen LogP contribution in [-0.4, -0.2) is 21.4 Å². The number of aryl methyl sites for hydroxylation is 1. The van der Waals surface area contributed by atoms with Crippen LogP contribution >= 0.6 is 15.9 Å². The highest BCUT2D eigenvalue weighted by Gasteiger charge is 2.09. The molecule has 0 saturated heterocycles. The van der Waals surface area contributed by atoms with Crippen LogP contribution in [0.15, 0.2) is 58.1 Å². The van der Waals surface area contributed by atoms with Crippen LogP contribution in [0, 0.1) is 0 Å². The fourth-order valence-electron chi connectivity index (χ4n) is 2.49. The van der Waals surface area contributed by atoms with Gasteiger partial charge in [0.05, 0.1) is 23.7 Å². The van der Waals surface area contributed by atoms with Crippen LogP contribution in [0.1, 0.15) is 13.3 Å². The number of nitrogens with one attached hydrogen (secondary N) is 1. The van der Waals surface area contributed by atoms with Gasteiger partial charge in [-0.25, -0.2) is 4.98 Å². The van der Waals surface area contributed by atoms with Crippen molar-refractivity contribution in [1.29, 1.82) is 0 Å². The van der Waals surface area contributed by atoms with E-state index in [0.717, 1.165) is 4.47 Å². The first kappa shape index (κ1) is 18.8. The molecule has 0 aliphatic heterocycles. The van der Waals surface area contributed by atoms with E-state index in [1.165, 1.54) is 17.8 Å². The van der Waals surface area contributed by atoms with Gasteiger partial charge in [0.1, 0.15) is 5.75 Å². The topological polar surface area (TPSA) is 90.3 Å². The first-order chi connectivity index (χ1) is 12.9. The lowest BCUT2D eigenvalue weighted by Gasteiger charge is -2.08. The van der Waals surface area contributed by atoms with Crippen LogP contribution in [-0.2, 0) is 16.1 Å². The van der Waals surface area contributed by atoms with Crippen molar-refractivity contribution in [1.82, 2.24) is 9.55 Å². The Hall–Kier alpha value is -3.00. The van der Waals surface area contributed by atoms with E-state index in [0.29, 0.717) is 22.3 Å². The Morgan fingerprint density at radius 1 is 1.19 bits per heavy atom. The van der Waals surface area contributed by atoms with Gasteiger partial charge in [-0.15, -0.1) is 0 Å². The molecule has 0 spiro atoms. The molecule has 1 amide bonds. The number of carbonyl (C=O) groups excluding carboxylic acids is 2. The quantitative estimate of drug-likeness (QED) is 0.496. The molecule has 0 aliphatic carbocycles. The summed E-state index contributed by atoms with van der Waals surface area (Å²) in [6, 6.07) is 11.7. The summed E-state index contributed by atoms with van der Waals surface area (Å²) in [5, 5.41) is 3.11. The lowest BCUT2D eigenvalue weighted by molar-refractivity contribution is -0.134. The third-order valence-corrected chi connectivity index (χ3v) is 4.24. The number of amides is 1. The van der Waals surface area contributed by atoms with Crippen LogP contribution in [0.25, 0.3) is 10.9 Å². The maximum atomic E-state index is 12.5. The molecule has 8 heteroatoms. The Morgan fingerprint density at radius 3 is 2.63 bits per heavy atom. The molecule has 0 bridgehead atoms. The van der Waals surface area contributed by atoms with Gasteiger partial charge in [0.25, 0.3) is 5.56 Å². The SMILES string of the molecule is CC(=O)Nc1ccc(OC(=O)CCn2cnc3ccc(Br)cc3c2=O)cc1. The van der Waals surface area contributed by atoms with Gasteiger partial charge in [-0.05, 0) is 42.5 Å². The molecule has 0 unspecified atom stereocenters. The third-order valence-electron chi connectivity index (χ3n) is 3.75. The van der Waals surface area contributed by atoms with Crippen molar-refractivity contribution in [2.45, 2.75) is 19.9 Å². The minimum absolute atomic E-state index is 0.0224. The molecule has 0 aliphatic rings. The molecule has 0 radical (unpaired) electrons. The standard InChI is InChI=1S/C19H16BrN3O4/c1-12(24)22-14-3-5-15(6-4-14)27-18(25)8-9-23-11-21-17-7-2-13(20)10-16(17)19(23)26/h2-7,10-11H,8-9H2,1H3,(H,22,24). The van der Waals surface area contributed by atoms with E-state index in [4.69, 9.17) is 4.74 Å². The highest BCUT2D eigenvalue weighted by molar-refractivity contribution is 9.10. The zero-order valence-electron chi connectivity index (χ0n) is 14.4. The molecule has 1 heterocycles. The molecule has 3 rings (SSSR count). The number of hydrogen-bond acceptors (Lipinski definition) is 5. The first-order valence-corrected chi connectivity index (χ1v) is 8.95. The smallest absolute Gasteiger partial charge is 0.312 e. The van der Waals surface area contributed by atoms with Gasteiger partial charge in [0, 0.05) is 23.6 Å². The number of rotatable bonds is 5. The summed E-state index contributed by atoms with van der Waals surface area (Å²) in [6.07, 6.45) is 1.45. The molecule has 3 aromatic rings. The number of nitrogens with zero attached hydrogens (tertiary/aromatic N) is 2. The van der Waals surface area contributed by atoms with E-state index >= 15 is 0 Å². The van der Waals surface area contributed by atoms with Crippen molar-refractivity contribution in [2.75, 3.05) is 5.32 Å². The third kappa shape index (κ3) is 4.79. The largest absolute Gasteiger partial charge is 0.426 e. The van der Waals surface area contributed by atoms with Gasteiger partial charge in [-0.1, -0.05) is 15.9 Å². The summed E-state index contributed by atoms with van der Waals surface area (Å²) in [6.45, 7) is 1.58. The van der Waals surface area contributed by atoms with Crippen LogP contribution in [0.4, 0.5) is 5.69 Å².